The van der Waals surface area contributed by atoms with Crippen LogP contribution in [0.3, 0.4) is 0 Å². The normalized spacial score (nSPS) is 10.6. The van der Waals surface area contributed by atoms with E-state index < -0.39 is 0 Å². The molecule has 1 aromatic carbocycles. The SMILES string of the molecule is COc1cc(CNCCCCSC)cc(Br)c1O. The molecule has 18 heavy (non-hydrogen) atoms. The van der Waals surface area contributed by atoms with Gasteiger partial charge in [0.05, 0.1) is 11.6 Å². The molecule has 2 N–H and O–H groups in total. The van der Waals surface area contributed by atoms with Gasteiger partial charge in [-0.2, -0.15) is 11.8 Å². The average Bonchev–Trinajstić information content (AvgIpc) is 2.37. The first kappa shape index (κ1) is 15.7. The summed E-state index contributed by atoms with van der Waals surface area (Å²) >= 11 is 5.21. The number of methoxy groups -OCH3 is 1. The molecule has 0 heterocycles. The van der Waals surface area contributed by atoms with Gasteiger partial charge in [-0.3, -0.25) is 0 Å². The van der Waals surface area contributed by atoms with Crippen molar-refractivity contribution in [3.63, 3.8) is 0 Å². The second kappa shape index (κ2) is 8.67. The number of phenolic OH excluding ortho intramolecular Hbond substituents is 1. The number of hydrogen-bond donors (Lipinski definition) is 2. The summed E-state index contributed by atoms with van der Waals surface area (Å²) in [5, 5.41) is 13.1. The first-order valence-corrected chi connectivity index (χ1v) is 8.12. The molecule has 0 atom stereocenters. The Kier molecular flexibility index (Phi) is 7.54. The Labute approximate surface area is 121 Å². The van der Waals surface area contributed by atoms with Gasteiger partial charge in [-0.15, -0.1) is 0 Å². The van der Waals surface area contributed by atoms with Crippen molar-refractivity contribution >= 4 is 27.7 Å². The second-order valence-corrected chi connectivity index (χ2v) is 5.85. The molecule has 0 spiro atoms. The van der Waals surface area contributed by atoms with Crippen LogP contribution in [0.2, 0.25) is 0 Å². The van der Waals surface area contributed by atoms with Crippen molar-refractivity contribution in [2.24, 2.45) is 0 Å². The first-order chi connectivity index (χ1) is 8.69. The minimum Gasteiger partial charge on any atom is -0.503 e. The summed E-state index contributed by atoms with van der Waals surface area (Å²) < 4.78 is 5.78. The predicted molar refractivity (Wildman–Crippen MR) is 81.7 cm³/mol. The maximum Gasteiger partial charge on any atom is 0.172 e. The highest BCUT2D eigenvalue weighted by molar-refractivity contribution is 9.10. The molecule has 0 fully saturated rings. The molecule has 0 saturated carbocycles. The maximum absolute atomic E-state index is 9.70. The van der Waals surface area contributed by atoms with Gasteiger partial charge in [0, 0.05) is 6.54 Å². The fourth-order valence-electron chi connectivity index (χ4n) is 1.61. The van der Waals surface area contributed by atoms with Gasteiger partial charge >= 0.3 is 0 Å². The van der Waals surface area contributed by atoms with E-state index in [0.29, 0.717) is 10.2 Å². The van der Waals surface area contributed by atoms with Gasteiger partial charge in [0.2, 0.25) is 0 Å². The summed E-state index contributed by atoms with van der Waals surface area (Å²) in [7, 11) is 1.56. The molecule has 3 nitrogen and oxygen atoms in total. The van der Waals surface area contributed by atoms with Gasteiger partial charge in [-0.05, 0) is 65.0 Å². The molecule has 0 unspecified atom stereocenters. The lowest BCUT2D eigenvalue weighted by atomic mass is 10.2. The van der Waals surface area contributed by atoms with Gasteiger partial charge in [0.15, 0.2) is 11.5 Å². The zero-order valence-corrected chi connectivity index (χ0v) is 13.2. The third-order valence-electron chi connectivity index (χ3n) is 2.59. The summed E-state index contributed by atoms with van der Waals surface area (Å²) in [4.78, 5) is 0. The number of aromatic hydroxyl groups is 1. The molecule has 1 rings (SSSR count). The Morgan fingerprint density at radius 3 is 2.83 bits per heavy atom. The third kappa shape index (κ3) is 5.08. The number of benzene rings is 1. The highest BCUT2D eigenvalue weighted by Gasteiger charge is 2.08. The van der Waals surface area contributed by atoms with Gasteiger partial charge < -0.3 is 15.2 Å². The standard InChI is InChI=1S/C13H20BrNO2S/c1-17-12-8-10(7-11(14)13(12)16)9-15-5-3-4-6-18-2/h7-8,15-16H,3-6,9H2,1-2H3. The largest absolute Gasteiger partial charge is 0.503 e. The minimum absolute atomic E-state index is 0.154. The first-order valence-electron chi connectivity index (χ1n) is 5.94. The summed E-state index contributed by atoms with van der Waals surface area (Å²) in [5.74, 6) is 1.88. The van der Waals surface area contributed by atoms with Crippen LogP contribution in [0.25, 0.3) is 0 Å². The van der Waals surface area contributed by atoms with Crippen LogP contribution in [-0.2, 0) is 6.54 Å². The molecular formula is C13H20BrNO2S. The van der Waals surface area contributed by atoms with Crippen LogP contribution in [0.5, 0.6) is 11.5 Å². The van der Waals surface area contributed by atoms with Crippen molar-refractivity contribution in [3.8, 4) is 11.5 Å². The summed E-state index contributed by atoms with van der Waals surface area (Å²) in [5.41, 5.74) is 1.10. The van der Waals surface area contributed by atoms with Crippen LogP contribution in [0.4, 0.5) is 0 Å². The fourth-order valence-corrected chi connectivity index (χ4v) is 2.60. The van der Waals surface area contributed by atoms with Crippen LogP contribution in [0.15, 0.2) is 16.6 Å². The molecule has 0 amide bonds. The lowest BCUT2D eigenvalue weighted by Crippen LogP contribution is -2.14. The van der Waals surface area contributed by atoms with Crippen LogP contribution >= 0.6 is 27.7 Å². The molecule has 1 aromatic rings. The van der Waals surface area contributed by atoms with Crippen molar-refractivity contribution in [1.29, 1.82) is 0 Å². The van der Waals surface area contributed by atoms with Gasteiger partial charge in [-0.1, -0.05) is 0 Å². The average molecular weight is 334 g/mol. The summed E-state index contributed by atoms with van der Waals surface area (Å²) in [6, 6.07) is 3.77. The smallest absolute Gasteiger partial charge is 0.172 e. The number of phenols is 1. The van der Waals surface area contributed by atoms with E-state index in [1.165, 1.54) is 18.6 Å². The Morgan fingerprint density at radius 1 is 1.39 bits per heavy atom. The quantitative estimate of drug-likeness (QED) is 0.715. The molecule has 0 aliphatic carbocycles. The van der Waals surface area contributed by atoms with Crippen LogP contribution < -0.4 is 10.1 Å². The van der Waals surface area contributed by atoms with Crippen LogP contribution in [-0.4, -0.2) is 30.8 Å². The highest BCUT2D eigenvalue weighted by atomic mass is 79.9. The van der Waals surface area contributed by atoms with E-state index in [1.54, 1.807) is 7.11 Å². The molecule has 5 heteroatoms. The molecule has 0 radical (unpaired) electrons. The number of rotatable bonds is 8. The topological polar surface area (TPSA) is 41.5 Å². The number of thioether (sulfide) groups is 1. The Bertz CT molecular complexity index is 374. The van der Waals surface area contributed by atoms with Crippen LogP contribution in [0, 0.1) is 0 Å². The Balaban J connectivity index is 2.40. The van der Waals surface area contributed by atoms with E-state index in [0.717, 1.165) is 18.7 Å². The van der Waals surface area contributed by atoms with E-state index in [-0.39, 0.29) is 5.75 Å². The Morgan fingerprint density at radius 2 is 2.17 bits per heavy atom. The fraction of sp³-hybridized carbons (Fsp3) is 0.538. The van der Waals surface area contributed by atoms with E-state index in [4.69, 9.17) is 4.74 Å². The zero-order chi connectivity index (χ0) is 13.4. The molecular weight excluding hydrogens is 314 g/mol. The van der Waals surface area contributed by atoms with Gasteiger partial charge in [0.25, 0.3) is 0 Å². The van der Waals surface area contributed by atoms with Gasteiger partial charge in [0.1, 0.15) is 0 Å². The number of ether oxygens (including phenoxy) is 1. The van der Waals surface area contributed by atoms with Crippen molar-refractivity contribution in [2.45, 2.75) is 19.4 Å². The zero-order valence-electron chi connectivity index (χ0n) is 10.8. The minimum atomic E-state index is 0.154. The summed E-state index contributed by atoms with van der Waals surface area (Å²) in [6.07, 6.45) is 4.57. The lowest BCUT2D eigenvalue weighted by Gasteiger charge is -2.09. The second-order valence-electron chi connectivity index (χ2n) is 4.01. The Hall–Kier alpha value is -0.390. The van der Waals surface area contributed by atoms with Crippen molar-refractivity contribution < 1.29 is 9.84 Å². The molecule has 102 valence electrons. The number of hydrogen-bond acceptors (Lipinski definition) is 4. The van der Waals surface area contributed by atoms with E-state index in [2.05, 4.69) is 27.5 Å². The monoisotopic (exact) mass is 333 g/mol. The van der Waals surface area contributed by atoms with Crippen molar-refractivity contribution in [3.05, 3.63) is 22.2 Å². The number of unbranched alkanes of at least 4 members (excludes halogenated alkanes) is 1. The van der Waals surface area contributed by atoms with Crippen molar-refractivity contribution in [2.75, 3.05) is 25.7 Å². The third-order valence-corrected chi connectivity index (χ3v) is 3.89. The number of nitrogens with one attached hydrogen (secondary N) is 1. The van der Waals surface area contributed by atoms with Gasteiger partial charge in [-0.25, -0.2) is 0 Å². The maximum atomic E-state index is 9.70. The lowest BCUT2D eigenvalue weighted by molar-refractivity contribution is 0.371. The molecule has 0 bridgehead atoms. The highest BCUT2D eigenvalue weighted by Crippen LogP contribution is 2.35. The van der Waals surface area contributed by atoms with Crippen molar-refractivity contribution in [1.82, 2.24) is 5.32 Å². The van der Waals surface area contributed by atoms with E-state index in [9.17, 15) is 5.11 Å². The summed E-state index contributed by atoms with van der Waals surface area (Å²) in [6.45, 7) is 1.80. The van der Waals surface area contributed by atoms with E-state index in [1.807, 2.05) is 23.9 Å². The molecule has 0 aliphatic heterocycles. The van der Waals surface area contributed by atoms with Crippen LogP contribution in [0.1, 0.15) is 18.4 Å². The molecule has 0 aromatic heterocycles. The predicted octanol–water partition coefficient (Wildman–Crippen LogP) is 3.40. The van der Waals surface area contributed by atoms with E-state index >= 15 is 0 Å². The molecule has 0 saturated heterocycles. The number of halogens is 1. The molecule has 0 aliphatic rings.